The molecule has 7 heteroatoms. The minimum Gasteiger partial charge on any atom is -0.508 e. The quantitative estimate of drug-likeness (QED) is 0.168. The van der Waals surface area contributed by atoms with Crippen LogP contribution in [0.4, 0.5) is 5.69 Å². The van der Waals surface area contributed by atoms with Gasteiger partial charge in [0.2, 0.25) is 0 Å². The summed E-state index contributed by atoms with van der Waals surface area (Å²) in [5.41, 5.74) is 8.00. The standard InChI is InChI=1S/C18H21NO2.C12H10O2.C6H13NO/c1-12(20)13-6-7-15-11-16(9-8-14(15)10-13)19-17-4-2-3-5-18(17)21;1-8(13)9-2-3-11-7-12(14)5-4-10(11)6-9;7-5-3-1-2-4-6(5)8/h6-11,17-19,21H,2-5H2,1H3;2-7,14H,1H3;5-6,8H,1-4,7H2/t;;5-,6-/m..0/s1. The van der Waals surface area contributed by atoms with Gasteiger partial charge in [-0.25, -0.2) is 0 Å². The minimum atomic E-state index is -0.255. The molecular weight excluding hydrogens is 540 g/mol. The Kier molecular flexibility index (Phi) is 11.3. The first-order valence-corrected chi connectivity index (χ1v) is 15.3. The van der Waals surface area contributed by atoms with Crippen LogP contribution in [-0.4, -0.2) is 51.2 Å². The normalized spacial score (nSPS) is 21.6. The number of ketones is 2. The lowest BCUT2D eigenvalue weighted by molar-refractivity contribution is 0.100. The summed E-state index contributed by atoms with van der Waals surface area (Å²) < 4.78 is 0. The Bertz CT molecular complexity index is 1540. The first-order valence-electron chi connectivity index (χ1n) is 15.3. The lowest BCUT2D eigenvalue weighted by Gasteiger charge is -2.29. The van der Waals surface area contributed by atoms with E-state index in [9.17, 15) is 19.8 Å². The number of hydrogen-bond donors (Lipinski definition) is 5. The second kappa shape index (κ2) is 15.1. The smallest absolute Gasteiger partial charge is 0.159 e. The molecule has 4 aromatic rings. The summed E-state index contributed by atoms with van der Waals surface area (Å²) in [5, 5.41) is 35.9. The van der Waals surface area contributed by atoms with E-state index < -0.39 is 0 Å². The monoisotopic (exact) mass is 584 g/mol. The van der Waals surface area contributed by atoms with Crippen molar-refractivity contribution in [3.05, 3.63) is 83.9 Å². The van der Waals surface area contributed by atoms with Gasteiger partial charge in [0.25, 0.3) is 0 Å². The fourth-order valence-corrected chi connectivity index (χ4v) is 5.64. The summed E-state index contributed by atoms with van der Waals surface area (Å²) in [4.78, 5) is 22.5. The number of nitrogens with one attached hydrogen (secondary N) is 1. The fraction of sp³-hybridized carbons (Fsp3) is 0.389. The van der Waals surface area contributed by atoms with E-state index in [1.807, 2.05) is 42.5 Å². The number of rotatable bonds is 4. The van der Waals surface area contributed by atoms with Crippen LogP contribution in [0.1, 0.15) is 85.9 Å². The number of aromatic hydroxyl groups is 1. The van der Waals surface area contributed by atoms with Crippen LogP contribution in [0.3, 0.4) is 0 Å². The van der Waals surface area contributed by atoms with Gasteiger partial charge >= 0.3 is 0 Å². The molecule has 0 amide bonds. The number of phenols is 1. The molecule has 0 aliphatic heterocycles. The zero-order valence-corrected chi connectivity index (χ0v) is 25.1. The zero-order chi connectivity index (χ0) is 30.9. The third kappa shape index (κ3) is 9.10. The third-order valence-corrected chi connectivity index (χ3v) is 8.34. The maximum Gasteiger partial charge on any atom is 0.159 e. The van der Waals surface area contributed by atoms with Crippen molar-refractivity contribution in [2.45, 2.75) is 89.5 Å². The summed E-state index contributed by atoms with van der Waals surface area (Å²) >= 11 is 0. The van der Waals surface area contributed by atoms with E-state index in [4.69, 9.17) is 10.8 Å². The average molecular weight is 585 g/mol. The summed E-state index contributed by atoms with van der Waals surface area (Å²) in [6.07, 6.45) is 7.96. The van der Waals surface area contributed by atoms with Crippen LogP contribution in [-0.2, 0) is 0 Å². The number of fused-ring (bicyclic) bond motifs is 2. The molecule has 43 heavy (non-hydrogen) atoms. The predicted octanol–water partition coefficient (Wildman–Crippen LogP) is 6.75. The van der Waals surface area contributed by atoms with E-state index in [2.05, 4.69) is 11.4 Å². The number of Topliss-reactive ketones (excluding diaryl/α,β-unsaturated/α-hetero) is 2. The molecule has 0 radical (unpaired) electrons. The Hall–Kier alpha value is -3.78. The summed E-state index contributed by atoms with van der Waals surface area (Å²) in [6, 6.07) is 22.6. The molecule has 7 nitrogen and oxygen atoms in total. The first kappa shape index (κ1) is 32.1. The third-order valence-electron chi connectivity index (χ3n) is 8.34. The Morgan fingerprint density at radius 3 is 1.67 bits per heavy atom. The van der Waals surface area contributed by atoms with Crippen molar-refractivity contribution in [2.24, 2.45) is 5.73 Å². The van der Waals surface area contributed by atoms with Crippen molar-refractivity contribution < 1.29 is 24.9 Å². The van der Waals surface area contributed by atoms with Crippen molar-refractivity contribution in [1.29, 1.82) is 0 Å². The van der Waals surface area contributed by atoms with Crippen LogP contribution in [0.25, 0.3) is 21.5 Å². The maximum absolute atomic E-state index is 11.4. The van der Waals surface area contributed by atoms with Crippen molar-refractivity contribution in [2.75, 3.05) is 5.32 Å². The molecule has 0 saturated heterocycles. The van der Waals surface area contributed by atoms with E-state index in [1.165, 1.54) is 12.8 Å². The highest BCUT2D eigenvalue weighted by Gasteiger charge is 2.22. The van der Waals surface area contributed by atoms with E-state index in [0.29, 0.717) is 5.56 Å². The number of hydrogen-bond acceptors (Lipinski definition) is 7. The second-order valence-corrected chi connectivity index (χ2v) is 11.8. The van der Waals surface area contributed by atoms with Crippen molar-refractivity contribution in [3.8, 4) is 5.75 Å². The largest absolute Gasteiger partial charge is 0.508 e. The number of benzene rings is 4. The average Bonchev–Trinajstić information content (AvgIpc) is 3.00. The minimum absolute atomic E-state index is 0.0555. The molecule has 0 bridgehead atoms. The van der Waals surface area contributed by atoms with Gasteiger partial charge in [0, 0.05) is 22.9 Å². The van der Waals surface area contributed by atoms with Gasteiger partial charge in [-0.15, -0.1) is 0 Å². The van der Waals surface area contributed by atoms with Crippen LogP contribution in [0.2, 0.25) is 0 Å². The highest BCUT2D eigenvalue weighted by molar-refractivity contribution is 5.99. The zero-order valence-electron chi connectivity index (χ0n) is 25.1. The molecule has 6 N–H and O–H groups in total. The molecule has 0 aromatic heterocycles. The summed E-state index contributed by atoms with van der Waals surface area (Å²) in [6.45, 7) is 3.13. The Labute approximate surface area is 253 Å². The summed E-state index contributed by atoms with van der Waals surface area (Å²) in [7, 11) is 0. The van der Waals surface area contributed by atoms with Gasteiger partial charge in [-0.1, -0.05) is 62.1 Å². The lowest BCUT2D eigenvalue weighted by atomic mass is 9.92. The molecule has 4 aromatic carbocycles. The highest BCUT2D eigenvalue weighted by atomic mass is 16.3. The van der Waals surface area contributed by atoms with E-state index in [0.717, 1.165) is 71.3 Å². The number of nitrogens with two attached hydrogens (primary N) is 1. The Morgan fingerprint density at radius 1 is 0.651 bits per heavy atom. The summed E-state index contributed by atoms with van der Waals surface area (Å²) in [5.74, 6) is 0.387. The van der Waals surface area contributed by atoms with Crippen LogP contribution in [0.15, 0.2) is 72.8 Å². The van der Waals surface area contributed by atoms with Crippen molar-refractivity contribution >= 4 is 38.8 Å². The predicted molar refractivity (Wildman–Crippen MR) is 174 cm³/mol. The molecular formula is C36H44N2O5. The highest BCUT2D eigenvalue weighted by Crippen LogP contribution is 2.26. The second-order valence-electron chi connectivity index (χ2n) is 11.8. The van der Waals surface area contributed by atoms with Gasteiger partial charge in [-0.2, -0.15) is 0 Å². The lowest BCUT2D eigenvalue weighted by Crippen LogP contribution is -2.37. The fourth-order valence-electron chi connectivity index (χ4n) is 5.64. The molecule has 0 heterocycles. The first-order chi connectivity index (χ1) is 20.6. The van der Waals surface area contributed by atoms with E-state index in [-0.39, 0.29) is 41.6 Å². The number of aliphatic hydroxyl groups is 2. The van der Waals surface area contributed by atoms with E-state index in [1.54, 1.807) is 38.1 Å². The van der Waals surface area contributed by atoms with Crippen molar-refractivity contribution in [1.82, 2.24) is 0 Å². The molecule has 2 fully saturated rings. The van der Waals surface area contributed by atoms with E-state index >= 15 is 0 Å². The number of anilines is 1. The maximum atomic E-state index is 11.4. The molecule has 2 unspecified atom stereocenters. The van der Waals surface area contributed by atoms with Gasteiger partial charge in [0.15, 0.2) is 11.6 Å². The topological polar surface area (TPSA) is 133 Å². The van der Waals surface area contributed by atoms with Crippen LogP contribution in [0.5, 0.6) is 5.75 Å². The van der Waals surface area contributed by atoms with Crippen LogP contribution in [0, 0.1) is 0 Å². The number of carbonyl (C=O) groups excluding carboxylic acids is 2. The number of carbonyl (C=O) groups is 2. The Morgan fingerprint density at radius 2 is 1.14 bits per heavy atom. The van der Waals surface area contributed by atoms with Gasteiger partial charge in [0.1, 0.15) is 5.75 Å². The van der Waals surface area contributed by atoms with Gasteiger partial charge in [0.05, 0.1) is 18.2 Å². The molecule has 6 rings (SSSR count). The molecule has 2 aliphatic carbocycles. The van der Waals surface area contributed by atoms with Gasteiger partial charge in [-0.3, -0.25) is 9.59 Å². The van der Waals surface area contributed by atoms with Crippen LogP contribution < -0.4 is 11.1 Å². The van der Waals surface area contributed by atoms with Gasteiger partial charge in [-0.05, 0) is 97.5 Å². The molecule has 228 valence electrons. The molecule has 0 spiro atoms. The number of phenolic OH excluding ortho intramolecular Hbond substituents is 1. The molecule has 2 aliphatic rings. The molecule has 2 saturated carbocycles. The van der Waals surface area contributed by atoms with Crippen LogP contribution >= 0.6 is 0 Å². The Balaban J connectivity index is 0.000000165. The van der Waals surface area contributed by atoms with Gasteiger partial charge < -0.3 is 26.4 Å². The number of aliphatic hydroxyl groups excluding tert-OH is 2. The SMILES string of the molecule is CC(=O)c1ccc2cc(NC3CCCCC3O)ccc2c1.CC(=O)c1ccc2cc(O)ccc2c1.N[C@H]1CCCC[C@@H]1O. The van der Waals surface area contributed by atoms with Crippen molar-refractivity contribution in [3.63, 3.8) is 0 Å². The molecule has 4 atom stereocenters.